The molecule has 82 valence electrons. The highest BCUT2D eigenvalue weighted by Crippen LogP contribution is 2.17. The monoisotopic (exact) mass is 218 g/mol. The number of para-hydroxylation sites is 1. The molecule has 1 aromatic heterocycles. The predicted octanol–water partition coefficient (Wildman–Crippen LogP) is 1.77. The Hall–Kier alpha value is -2.17. The highest BCUT2D eigenvalue weighted by Gasteiger charge is 2.07. The van der Waals surface area contributed by atoms with E-state index >= 15 is 0 Å². The van der Waals surface area contributed by atoms with E-state index in [4.69, 9.17) is 4.74 Å². The van der Waals surface area contributed by atoms with Crippen molar-refractivity contribution < 1.29 is 14.2 Å². The van der Waals surface area contributed by atoms with Crippen molar-refractivity contribution in [2.75, 3.05) is 0 Å². The van der Waals surface area contributed by atoms with E-state index in [-0.39, 0.29) is 6.61 Å². The molecule has 0 amide bonds. The van der Waals surface area contributed by atoms with Crippen molar-refractivity contribution in [3.8, 4) is 5.75 Å². The molecule has 1 heterocycles. The molecule has 2 rings (SSSR count). The van der Waals surface area contributed by atoms with Crippen molar-refractivity contribution >= 4 is 6.29 Å². The number of carbonyl (C=O) groups is 1. The van der Waals surface area contributed by atoms with Gasteiger partial charge in [0.05, 0.1) is 5.56 Å². The number of rotatable bonds is 4. The summed E-state index contributed by atoms with van der Waals surface area (Å²) in [7, 11) is 0. The summed E-state index contributed by atoms with van der Waals surface area (Å²) >= 11 is 0. The normalized spacial score (nSPS) is 10.1. The lowest BCUT2D eigenvalue weighted by Crippen LogP contribution is -1.99. The van der Waals surface area contributed by atoms with Gasteiger partial charge in [-0.1, -0.05) is 22.4 Å². The molecule has 0 aliphatic carbocycles. The number of carbonyl (C=O) groups excluding carboxylic acids is 1. The Morgan fingerprint density at radius 3 is 2.88 bits per heavy atom. The van der Waals surface area contributed by atoms with Gasteiger partial charge in [0.15, 0.2) is 6.29 Å². The lowest BCUT2D eigenvalue weighted by atomic mass is 10.2. The molecule has 5 nitrogen and oxygen atoms in total. The molecule has 2 aromatic rings. The standard InChI is InChI=1S/C11H10N2O3/c1-8-10(13-16-12-8)7-15-11-5-3-2-4-9(11)6-14/h2-6H,7H2,1H3. The molecule has 0 radical (unpaired) electrons. The first-order valence-electron chi connectivity index (χ1n) is 4.76. The fraction of sp³-hybridized carbons (Fsp3) is 0.182. The number of aldehydes is 1. The molecule has 0 atom stereocenters. The molecule has 0 N–H and O–H groups in total. The van der Waals surface area contributed by atoms with Crippen LogP contribution in [-0.2, 0) is 6.61 Å². The van der Waals surface area contributed by atoms with Gasteiger partial charge in [0, 0.05) is 0 Å². The molecule has 0 unspecified atom stereocenters. The second kappa shape index (κ2) is 4.57. The smallest absolute Gasteiger partial charge is 0.153 e. The summed E-state index contributed by atoms with van der Waals surface area (Å²) < 4.78 is 10.0. The third kappa shape index (κ3) is 2.08. The van der Waals surface area contributed by atoms with Crippen molar-refractivity contribution in [1.29, 1.82) is 0 Å². The van der Waals surface area contributed by atoms with Gasteiger partial charge in [0.2, 0.25) is 0 Å². The van der Waals surface area contributed by atoms with Gasteiger partial charge in [-0.05, 0) is 19.1 Å². The Balaban J connectivity index is 2.10. The zero-order valence-electron chi connectivity index (χ0n) is 8.71. The van der Waals surface area contributed by atoms with E-state index in [2.05, 4.69) is 14.9 Å². The van der Waals surface area contributed by atoms with Crippen LogP contribution in [0.1, 0.15) is 21.7 Å². The maximum Gasteiger partial charge on any atom is 0.153 e. The molecule has 0 saturated heterocycles. The number of aryl methyl sites for hydroxylation is 1. The lowest BCUT2D eigenvalue weighted by Gasteiger charge is -2.05. The summed E-state index contributed by atoms with van der Waals surface area (Å²) in [5.41, 5.74) is 1.82. The maximum atomic E-state index is 10.7. The molecule has 0 saturated carbocycles. The van der Waals surface area contributed by atoms with E-state index in [0.29, 0.717) is 22.7 Å². The van der Waals surface area contributed by atoms with Gasteiger partial charge in [-0.25, -0.2) is 4.63 Å². The minimum Gasteiger partial charge on any atom is -0.486 e. The van der Waals surface area contributed by atoms with Gasteiger partial charge in [-0.15, -0.1) is 0 Å². The van der Waals surface area contributed by atoms with E-state index in [0.717, 1.165) is 6.29 Å². The van der Waals surface area contributed by atoms with Crippen LogP contribution in [0.25, 0.3) is 0 Å². The van der Waals surface area contributed by atoms with Crippen LogP contribution in [0.3, 0.4) is 0 Å². The van der Waals surface area contributed by atoms with Crippen molar-refractivity contribution in [1.82, 2.24) is 10.3 Å². The van der Waals surface area contributed by atoms with E-state index in [1.54, 1.807) is 31.2 Å². The van der Waals surface area contributed by atoms with Crippen LogP contribution in [0.5, 0.6) is 5.75 Å². The fourth-order valence-corrected chi connectivity index (χ4v) is 1.24. The molecule has 5 heteroatoms. The number of aromatic nitrogens is 2. The van der Waals surface area contributed by atoms with Gasteiger partial charge < -0.3 is 4.74 Å². The Morgan fingerprint density at radius 2 is 2.19 bits per heavy atom. The average Bonchev–Trinajstić information content (AvgIpc) is 2.72. The predicted molar refractivity (Wildman–Crippen MR) is 55.2 cm³/mol. The van der Waals surface area contributed by atoms with Gasteiger partial charge in [-0.2, -0.15) is 0 Å². The maximum absolute atomic E-state index is 10.7. The van der Waals surface area contributed by atoms with Crippen LogP contribution in [0.4, 0.5) is 0 Å². The van der Waals surface area contributed by atoms with E-state index < -0.39 is 0 Å². The van der Waals surface area contributed by atoms with Gasteiger partial charge in [-0.3, -0.25) is 4.79 Å². The van der Waals surface area contributed by atoms with E-state index in [1.165, 1.54) is 0 Å². The van der Waals surface area contributed by atoms with E-state index in [1.807, 2.05) is 0 Å². The topological polar surface area (TPSA) is 65.2 Å². The minimum atomic E-state index is 0.236. The number of ether oxygens (including phenoxy) is 1. The molecule has 0 spiro atoms. The summed E-state index contributed by atoms with van der Waals surface area (Å²) in [6.45, 7) is 2.01. The van der Waals surface area contributed by atoms with Crippen LogP contribution in [0.2, 0.25) is 0 Å². The van der Waals surface area contributed by atoms with Crippen molar-refractivity contribution in [3.05, 3.63) is 41.2 Å². The summed E-state index contributed by atoms with van der Waals surface area (Å²) in [5.74, 6) is 0.528. The summed E-state index contributed by atoms with van der Waals surface area (Å²) in [4.78, 5) is 10.7. The lowest BCUT2D eigenvalue weighted by molar-refractivity contribution is 0.111. The zero-order chi connectivity index (χ0) is 11.4. The number of hydrogen-bond acceptors (Lipinski definition) is 5. The molecule has 0 fully saturated rings. The van der Waals surface area contributed by atoms with Gasteiger partial charge >= 0.3 is 0 Å². The van der Waals surface area contributed by atoms with Crippen LogP contribution in [0.15, 0.2) is 28.9 Å². The second-order valence-corrected chi connectivity index (χ2v) is 3.24. The Labute approximate surface area is 92.0 Å². The van der Waals surface area contributed by atoms with Crippen molar-refractivity contribution in [2.24, 2.45) is 0 Å². The summed E-state index contributed by atoms with van der Waals surface area (Å²) in [6, 6.07) is 7.00. The Bertz CT molecular complexity index is 493. The first-order valence-corrected chi connectivity index (χ1v) is 4.76. The number of benzene rings is 1. The van der Waals surface area contributed by atoms with E-state index in [9.17, 15) is 4.79 Å². The van der Waals surface area contributed by atoms with Crippen molar-refractivity contribution in [3.63, 3.8) is 0 Å². The molecular weight excluding hydrogens is 208 g/mol. The van der Waals surface area contributed by atoms with Crippen LogP contribution >= 0.6 is 0 Å². The SMILES string of the molecule is Cc1nonc1COc1ccccc1C=O. The minimum absolute atomic E-state index is 0.236. The first kappa shape index (κ1) is 10.4. The molecule has 0 bridgehead atoms. The second-order valence-electron chi connectivity index (χ2n) is 3.24. The highest BCUT2D eigenvalue weighted by atomic mass is 16.6. The first-order chi connectivity index (χ1) is 7.81. The molecule has 0 aliphatic rings. The molecule has 16 heavy (non-hydrogen) atoms. The zero-order valence-corrected chi connectivity index (χ0v) is 8.71. The van der Waals surface area contributed by atoms with Crippen LogP contribution < -0.4 is 4.74 Å². The van der Waals surface area contributed by atoms with Crippen LogP contribution in [0, 0.1) is 6.92 Å². The van der Waals surface area contributed by atoms with Crippen molar-refractivity contribution in [2.45, 2.75) is 13.5 Å². The quantitative estimate of drug-likeness (QED) is 0.731. The van der Waals surface area contributed by atoms with Gasteiger partial charge in [0.25, 0.3) is 0 Å². The summed E-state index contributed by atoms with van der Waals surface area (Å²) in [6.07, 6.45) is 0.753. The van der Waals surface area contributed by atoms with Crippen LogP contribution in [-0.4, -0.2) is 16.6 Å². The third-order valence-electron chi connectivity index (χ3n) is 2.16. The van der Waals surface area contributed by atoms with Gasteiger partial charge in [0.1, 0.15) is 23.7 Å². The number of hydrogen-bond donors (Lipinski definition) is 0. The third-order valence-corrected chi connectivity index (χ3v) is 2.16. The molecule has 1 aromatic carbocycles. The average molecular weight is 218 g/mol. The summed E-state index contributed by atoms with van der Waals surface area (Å²) in [5, 5.41) is 7.32. The number of nitrogens with zero attached hydrogens (tertiary/aromatic N) is 2. The Kier molecular flexibility index (Phi) is 2.95. The fourth-order valence-electron chi connectivity index (χ4n) is 1.24. The largest absolute Gasteiger partial charge is 0.486 e. The Morgan fingerprint density at radius 1 is 1.38 bits per heavy atom. The molecule has 0 aliphatic heterocycles. The highest BCUT2D eigenvalue weighted by molar-refractivity contribution is 5.79. The molecular formula is C11H10N2O3.